The van der Waals surface area contributed by atoms with Crippen LogP contribution in [0.1, 0.15) is 31.1 Å². The van der Waals surface area contributed by atoms with E-state index in [4.69, 9.17) is 0 Å². The van der Waals surface area contributed by atoms with Crippen LogP contribution < -0.4 is 104 Å². The van der Waals surface area contributed by atoms with Crippen LogP contribution >= 0.6 is 0 Å². The molecule has 0 aromatic heterocycles. The number of aromatic carboxylic acids is 3. The maximum absolute atomic E-state index is 11.1. The van der Waals surface area contributed by atoms with Crippen LogP contribution in [0.25, 0.3) is 10.8 Å². The number of benzene rings is 2. The Labute approximate surface area is 191 Å². The predicted molar refractivity (Wildman–Crippen MR) is 56.9 cm³/mol. The Morgan fingerprint density at radius 3 is 1.73 bits per heavy atom. The van der Waals surface area contributed by atoms with Gasteiger partial charge in [-0.2, -0.15) is 0 Å². The summed E-state index contributed by atoms with van der Waals surface area (Å²) < 4.78 is 0. The third kappa shape index (κ3) is 5.06. The molecule has 9 heteroatoms. The molecule has 0 N–H and O–H groups in total. The van der Waals surface area contributed by atoms with Gasteiger partial charge in [-0.3, -0.25) is 0 Å². The van der Waals surface area contributed by atoms with E-state index in [9.17, 15) is 29.7 Å². The first kappa shape index (κ1) is 24.4. The summed E-state index contributed by atoms with van der Waals surface area (Å²) in [7, 11) is 0. The summed E-state index contributed by atoms with van der Waals surface area (Å²) in [5, 5.41) is 33.0. The van der Waals surface area contributed by atoms with E-state index in [1.807, 2.05) is 0 Å². The second-order valence-electron chi connectivity index (χ2n) is 3.79. The maximum Gasteiger partial charge on any atom is 1.00 e. The zero-order valence-corrected chi connectivity index (χ0v) is 18.3. The number of hydrogen-bond acceptors (Lipinski definition) is 6. The molecule has 96 valence electrons. The van der Waals surface area contributed by atoms with Gasteiger partial charge in [-0.15, -0.1) is 0 Å². The molecule has 0 aliphatic rings. The van der Waals surface area contributed by atoms with Crippen LogP contribution in [0.3, 0.4) is 0 Å². The van der Waals surface area contributed by atoms with Gasteiger partial charge in [-0.25, -0.2) is 0 Å². The number of hydrogen-bond donors (Lipinski definition) is 0. The molecule has 2 aromatic rings. The minimum Gasteiger partial charge on any atom is -0.545 e. The van der Waals surface area contributed by atoms with Crippen LogP contribution in [0.5, 0.6) is 0 Å². The van der Waals surface area contributed by atoms with Gasteiger partial charge in [0.2, 0.25) is 0 Å². The fourth-order valence-corrected chi connectivity index (χ4v) is 1.84. The first-order valence-corrected chi connectivity index (χ1v) is 5.12. The molecule has 6 nitrogen and oxygen atoms in total. The largest absolute Gasteiger partial charge is 1.00 e. The second kappa shape index (κ2) is 10.1. The van der Waals surface area contributed by atoms with Gasteiger partial charge in [0.1, 0.15) is 0 Å². The van der Waals surface area contributed by atoms with Crippen molar-refractivity contribution in [1.29, 1.82) is 0 Å². The summed E-state index contributed by atoms with van der Waals surface area (Å²) in [6, 6.07) is 6.04. The molecule has 0 heterocycles. The molecule has 0 bridgehead atoms. The summed E-state index contributed by atoms with van der Waals surface area (Å²) in [4.78, 5) is 32.7. The first-order valence-electron chi connectivity index (χ1n) is 5.12. The predicted octanol–water partition coefficient (Wildman–Crippen LogP) is -11.1. The molecule has 0 radical (unpaired) electrons. The number of rotatable bonds is 3. The molecule has 0 saturated carbocycles. The van der Waals surface area contributed by atoms with Crippen LogP contribution in [0.15, 0.2) is 30.3 Å². The summed E-state index contributed by atoms with van der Waals surface area (Å²) in [5.74, 6) is -4.90. The number of carbonyl (C=O) groups is 3. The zero-order valence-electron chi connectivity index (χ0n) is 12.3. The summed E-state index contributed by atoms with van der Waals surface area (Å²) in [6.45, 7) is 0. The Hall–Kier alpha value is 0.110. The van der Waals surface area contributed by atoms with Crippen molar-refractivity contribution < 1.29 is 118 Å². The quantitative estimate of drug-likeness (QED) is 0.517. The van der Waals surface area contributed by atoms with E-state index < -0.39 is 29.0 Å². The second-order valence-corrected chi connectivity index (χ2v) is 3.79. The molecule has 0 atom stereocenters. The SMILES string of the molecule is O=C([O-])c1ccc2ccc(C(=O)[O-])c(C(=O)[O-])c2c1.[Na+].[Na+].[Na+]. The van der Waals surface area contributed by atoms with Crippen molar-refractivity contribution in [2.75, 3.05) is 0 Å². The van der Waals surface area contributed by atoms with Gasteiger partial charge in [0.25, 0.3) is 0 Å². The normalized spacial score (nSPS) is 8.91. The van der Waals surface area contributed by atoms with Gasteiger partial charge in [-0.1, -0.05) is 24.3 Å². The van der Waals surface area contributed by atoms with Gasteiger partial charge in [-0.05, 0) is 22.4 Å². The van der Waals surface area contributed by atoms with E-state index in [1.54, 1.807) is 0 Å². The van der Waals surface area contributed by atoms with Gasteiger partial charge in [0, 0.05) is 11.1 Å². The number of carboxylic acids is 3. The molecular formula is C13H5Na3O6. The minimum atomic E-state index is -1.72. The van der Waals surface area contributed by atoms with E-state index in [1.165, 1.54) is 18.2 Å². The number of carboxylic acid groups (broad SMARTS) is 3. The monoisotopic (exact) mass is 326 g/mol. The minimum absolute atomic E-state index is 0. The van der Waals surface area contributed by atoms with Crippen molar-refractivity contribution in [1.82, 2.24) is 0 Å². The van der Waals surface area contributed by atoms with Crippen LogP contribution in [-0.4, -0.2) is 17.9 Å². The molecule has 0 amide bonds. The van der Waals surface area contributed by atoms with Crippen molar-refractivity contribution in [2.24, 2.45) is 0 Å². The molecule has 22 heavy (non-hydrogen) atoms. The van der Waals surface area contributed by atoms with E-state index in [0.29, 0.717) is 5.39 Å². The first-order chi connectivity index (χ1) is 8.91. The van der Waals surface area contributed by atoms with Crippen molar-refractivity contribution in [2.45, 2.75) is 0 Å². The van der Waals surface area contributed by atoms with Gasteiger partial charge < -0.3 is 29.7 Å². The average Bonchev–Trinajstić information content (AvgIpc) is 2.35. The van der Waals surface area contributed by atoms with Crippen molar-refractivity contribution in [3.63, 3.8) is 0 Å². The van der Waals surface area contributed by atoms with E-state index >= 15 is 0 Å². The smallest absolute Gasteiger partial charge is 0.545 e. The molecule has 0 aliphatic carbocycles. The standard InChI is InChI=1S/C13H8O6.3Na/c14-11(15)7-2-1-6-3-4-8(12(16)17)10(13(18)19)9(6)5-7;;;/h1-5H,(H,14,15)(H,16,17)(H,18,19);;;/q;3*+1/p-3. The Bertz CT molecular complexity index is 724. The van der Waals surface area contributed by atoms with Crippen LogP contribution in [-0.2, 0) is 0 Å². The Morgan fingerprint density at radius 1 is 0.727 bits per heavy atom. The molecule has 0 unspecified atom stereocenters. The maximum atomic E-state index is 11.1. The molecule has 0 aliphatic heterocycles. The fraction of sp³-hybridized carbons (Fsp3) is 0. The summed E-state index contributed by atoms with van der Waals surface area (Å²) >= 11 is 0. The molecule has 2 rings (SSSR count). The number of fused-ring (bicyclic) bond motifs is 1. The molecule has 0 spiro atoms. The number of carbonyl (C=O) groups excluding carboxylic acids is 3. The van der Waals surface area contributed by atoms with Crippen LogP contribution in [0.4, 0.5) is 0 Å². The molecular weight excluding hydrogens is 321 g/mol. The van der Waals surface area contributed by atoms with Gasteiger partial charge in [0.05, 0.1) is 17.9 Å². The molecule has 0 fully saturated rings. The van der Waals surface area contributed by atoms with Crippen molar-refractivity contribution in [3.8, 4) is 0 Å². The van der Waals surface area contributed by atoms with Crippen LogP contribution in [0.2, 0.25) is 0 Å². The van der Waals surface area contributed by atoms with Crippen LogP contribution in [0, 0.1) is 0 Å². The van der Waals surface area contributed by atoms with Gasteiger partial charge in [0.15, 0.2) is 0 Å². The van der Waals surface area contributed by atoms with Crippen molar-refractivity contribution in [3.05, 3.63) is 47.0 Å². The van der Waals surface area contributed by atoms with Gasteiger partial charge >= 0.3 is 88.7 Å². The Morgan fingerprint density at radius 2 is 1.27 bits per heavy atom. The third-order valence-corrected chi connectivity index (χ3v) is 2.68. The zero-order chi connectivity index (χ0) is 14.2. The fourth-order valence-electron chi connectivity index (χ4n) is 1.84. The van der Waals surface area contributed by atoms with E-state index in [2.05, 4.69) is 0 Å². The average molecular weight is 326 g/mol. The topological polar surface area (TPSA) is 120 Å². The Balaban J connectivity index is 0. The van der Waals surface area contributed by atoms with E-state index in [0.717, 1.165) is 12.1 Å². The Kier molecular flexibility index (Phi) is 11.2. The summed E-state index contributed by atoms with van der Waals surface area (Å²) in [6.07, 6.45) is 0. The molecule has 2 aromatic carbocycles. The van der Waals surface area contributed by atoms with Crippen molar-refractivity contribution >= 4 is 28.7 Å². The van der Waals surface area contributed by atoms with E-state index in [-0.39, 0.29) is 99.6 Å². The summed E-state index contributed by atoms with van der Waals surface area (Å²) in [5.41, 5.74) is -1.44. The third-order valence-electron chi connectivity index (χ3n) is 2.68. The molecule has 0 saturated heterocycles.